The average Bonchev–Trinajstić information content (AvgIpc) is 2.60. The van der Waals surface area contributed by atoms with E-state index in [1.165, 1.54) is 6.07 Å². The molecule has 2 heterocycles. The standard InChI is InChI=1S/C17H22F3N3O2/c1-21-6-7-22-16(24)14-5-2-10-9-23-13-4-3-11(17(18,19)20)8-12(13)15(10)25-14/h3-4,8,10,14-15,21,23H,2,5-7,9H2,1H3,(H,22,24). The summed E-state index contributed by atoms with van der Waals surface area (Å²) in [5.74, 6) is -0.141. The van der Waals surface area contributed by atoms with Gasteiger partial charge in [-0.3, -0.25) is 4.79 Å². The molecule has 3 rings (SSSR count). The highest BCUT2D eigenvalue weighted by Gasteiger charge is 2.40. The molecule has 5 nitrogen and oxygen atoms in total. The zero-order chi connectivity index (χ0) is 18.0. The number of likely N-dealkylation sites (N-methyl/N-ethyl adjacent to an activating group) is 1. The van der Waals surface area contributed by atoms with Crippen LogP contribution in [0.5, 0.6) is 0 Å². The molecule has 0 radical (unpaired) electrons. The third-order valence-corrected chi connectivity index (χ3v) is 4.75. The molecule has 0 aromatic heterocycles. The molecule has 0 spiro atoms. The van der Waals surface area contributed by atoms with Gasteiger partial charge in [-0.2, -0.15) is 13.2 Å². The Labute approximate surface area is 144 Å². The lowest BCUT2D eigenvalue weighted by molar-refractivity contribution is -0.147. The number of anilines is 1. The van der Waals surface area contributed by atoms with Gasteiger partial charge in [-0.1, -0.05) is 0 Å². The molecule has 3 unspecified atom stereocenters. The van der Waals surface area contributed by atoms with Crippen LogP contribution in [0.15, 0.2) is 18.2 Å². The lowest BCUT2D eigenvalue weighted by Gasteiger charge is -2.40. The van der Waals surface area contributed by atoms with Gasteiger partial charge < -0.3 is 20.7 Å². The van der Waals surface area contributed by atoms with E-state index in [2.05, 4.69) is 16.0 Å². The van der Waals surface area contributed by atoms with E-state index in [4.69, 9.17) is 4.74 Å². The van der Waals surface area contributed by atoms with E-state index in [0.717, 1.165) is 18.6 Å². The Morgan fingerprint density at radius 3 is 2.84 bits per heavy atom. The van der Waals surface area contributed by atoms with Crippen LogP contribution in [0.1, 0.15) is 30.1 Å². The number of alkyl halides is 3. The van der Waals surface area contributed by atoms with Crippen molar-refractivity contribution in [2.45, 2.75) is 31.2 Å². The second-order valence-electron chi connectivity index (χ2n) is 6.46. The largest absolute Gasteiger partial charge is 0.416 e. The van der Waals surface area contributed by atoms with Gasteiger partial charge in [0.25, 0.3) is 0 Å². The molecular weight excluding hydrogens is 335 g/mol. The Hall–Kier alpha value is -1.80. The van der Waals surface area contributed by atoms with Gasteiger partial charge in [0, 0.05) is 36.8 Å². The van der Waals surface area contributed by atoms with Gasteiger partial charge in [-0.05, 0) is 38.1 Å². The van der Waals surface area contributed by atoms with Crippen molar-refractivity contribution in [2.24, 2.45) is 5.92 Å². The van der Waals surface area contributed by atoms with Gasteiger partial charge in [0.2, 0.25) is 5.91 Å². The first kappa shape index (κ1) is 18.0. The molecule has 1 aromatic carbocycles. The zero-order valence-electron chi connectivity index (χ0n) is 14.0. The summed E-state index contributed by atoms with van der Waals surface area (Å²) < 4.78 is 45.0. The molecule has 1 saturated heterocycles. The Kier molecular flexibility index (Phi) is 5.19. The molecule has 2 aliphatic heterocycles. The molecule has 0 saturated carbocycles. The van der Waals surface area contributed by atoms with Crippen molar-refractivity contribution in [3.05, 3.63) is 29.3 Å². The van der Waals surface area contributed by atoms with Gasteiger partial charge >= 0.3 is 6.18 Å². The molecule has 3 atom stereocenters. The van der Waals surface area contributed by atoms with Crippen LogP contribution in [0.25, 0.3) is 0 Å². The summed E-state index contributed by atoms with van der Waals surface area (Å²) in [6, 6.07) is 3.64. The molecule has 0 aliphatic carbocycles. The highest BCUT2D eigenvalue weighted by molar-refractivity contribution is 5.81. The predicted molar refractivity (Wildman–Crippen MR) is 87.2 cm³/mol. The van der Waals surface area contributed by atoms with E-state index in [1.807, 2.05) is 0 Å². The number of ether oxygens (including phenoxy) is 1. The minimum Gasteiger partial charge on any atom is -0.384 e. The number of hydrogen-bond acceptors (Lipinski definition) is 4. The molecule has 2 aliphatic rings. The highest BCUT2D eigenvalue weighted by Crippen LogP contribution is 2.44. The summed E-state index contributed by atoms with van der Waals surface area (Å²) in [7, 11) is 1.79. The van der Waals surface area contributed by atoms with Crippen molar-refractivity contribution >= 4 is 11.6 Å². The van der Waals surface area contributed by atoms with Gasteiger partial charge in [0.15, 0.2) is 0 Å². The van der Waals surface area contributed by atoms with Crippen molar-refractivity contribution < 1.29 is 22.7 Å². The predicted octanol–water partition coefficient (Wildman–Crippen LogP) is 2.30. The summed E-state index contributed by atoms with van der Waals surface area (Å²) in [6.07, 6.45) is -4.22. The maximum Gasteiger partial charge on any atom is 0.416 e. The number of carbonyl (C=O) groups is 1. The van der Waals surface area contributed by atoms with Gasteiger partial charge in [0.05, 0.1) is 11.7 Å². The van der Waals surface area contributed by atoms with Crippen LogP contribution < -0.4 is 16.0 Å². The monoisotopic (exact) mass is 357 g/mol. The van der Waals surface area contributed by atoms with Crippen molar-refractivity contribution in [1.82, 2.24) is 10.6 Å². The van der Waals surface area contributed by atoms with Gasteiger partial charge in [0.1, 0.15) is 6.10 Å². The number of rotatable bonds is 4. The number of fused-ring (bicyclic) bond motifs is 3. The molecular formula is C17H22F3N3O2. The second kappa shape index (κ2) is 7.21. The summed E-state index contributed by atoms with van der Waals surface area (Å²) in [4.78, 5) is 12.2. The highest BCUT2D eigenvalue weighted by atomic mass is 19.4. The normalized spacial score (nSPS) is 25.5. The van der Waals surface area contributed by atoms with Crippen LogP contribution >= 0.6 is 0 Å². The van der Waals surface area contributed by atoms with E-state index < -0.39 is 23.9 Å². The smallest absolute Gasteiger partial charge is 0.384 e. The maximum atomic E-state index is 13.0. The Morgan fingerprint density at radius 1 is 1.32 bits per heavy atom. The topological polar surface area (TPSA) is 62.4 Å². The lowest BCUT2D eigenvalue weighted by atomic mass is 9.83. The maximum absolute atomic E-state index is 13.0. The second-order valence-corrected chi connectivity index (χ2v) is 6.46. The first-order valence-corrected chi connectivity index (χ1v) is 8.43. The Morgan fingerprint density at radius 2 is 2.12 bits per heavy atom. The van der Waals surface area contributed by atoms with Crippen molar-refractivity contribution in [3.63, 3.8) is 0 Å². The minimum absolute atomic E-state index is 0.0670. The lowest BCUT2D eigenvalue weighted by Crippen LogP contribution is -2.45. The van der Waals surface area contributed by atoms with Crippen LogP contribution in [0, 0.1) is 5.92 Å². The molecule has 138 valence electrons. The quantitative estimate of drug-likeness (QED) is 0.724. The number of hydrogen-bond donors (Lipinski definition) is 3. The van der Waals surface area contributed by atoms with Crippen LogP contribution in [0.2, 0.25) is 0 Å². The molecule has 25 heavy (non-hydrogen) atoms. The van der Waals surface area contributed by atoms with Crippen LogP contribution in [0.3, 0.4) is 0 Å². The average molecular weight is 357 g/mol. The Bertz CT molecular complexity index is 636. The van der Waals surface area contributed by atoms with Gasteiger partial charge in [-0.25, -0.2) is 0 Å². The fourth-order valence-corrected chi connectivity index (χ4v) is 3.40. The minimum atomic E-state index is -4.40. The number of halogens is 3. The van der Waals surface area contributed by atoms with Crippen LogP contribution in [-0.2, 0) is 15.7 Å². The van der Waals surface area contributed by atoms with E-state index in [1.54, 1.807) is 7.05 Å². The third kappa shape index (κ3) is 3.90. The molecule has 1 aromatic rings. The molecule has 8 heteroatoms. The molecule has 1 fully saturated rings. The van der Waals surface area contributed by atoms with Gasteiger partial charge in [-0.15, -0.1) is 0 Å². The van der Waals surface area contributed by atoms with Crippen molar-refractivity contribution in [3.8, 4) is 0 Å². The number of benzene rings is 1. The summed E-state index contributed by atoms with van der Waals surface area (Å²) in [5.41, 5.74) is 0.433. The van der Waals surface area contributed by atoms with E-state index in [-0.39, 0.29) is 11.8 Å². The summed E-state index contributed by atoms with van der Waals surface area (Å²) in [5, 5.41) is 8.89. The third-order valence-electron chi connectivity index (χ3n) is 4.75. The molecule has 3 N–H and O–H groups in total. The van der Waals surface area contributed by atoms with Crippen LogP contribution in [-0.4, -0.2) is 38.7 Å². The summed E-state index contributed by atoms with van der Waals surface area (Å²) >= 11 is 0. The summed E-state index contributed by atoms with van der Waals surface area (Å²) in [6.45, 7) is 1.77. The van der Waals surface area contributed by atoms with Crippen LogP contribution in [0.4, 0.5) is 18.9 Å². The fourth-order valence-electron chi connectivity index (χ4n) is 3.40. The SMILES string of the molecule is CNCCNC(=O)C1CCC2CNc3ccc(C(F)(F)F)cc3C2O1. The van der Waals surface area contributed by atoms with Crippen molar-refractivity contribution in [2.75, 3.05) is 32.0 Å². The van der Waals surface area contributed by atoms with Crippen molar-refractivity contribution in [1.29, 1.82) is 0 Å². The van der Waals surface area contributed by atoms with E-state index in [0.29, 0.717) is 37.3 Å². The van der Waals surface area contributed by atoms with E-state index in [9.17, 15) is 18.0 Å². The first-order valence-electron chi connectivity index (χ1n) is 8.43. The number of nitrogens with one attached hydrogen (secondary N) is 3. The number of amides is 1. The molecule has 1 amide bonds. The Balaban J connectivity index is 1.78. The molecule has 0 bridgehead atoms. The fraction of sp³-hybridized carbons (Fsp3) is 0.588. The zero-order valence-corrected chi connectivity index (χ0v) is 14.0. The number of carbonyl (C=O) groups excluding carboxylic acids is 1. The van der Waals surface area contributed by atoms with E-state index >= 15 is 0 Å². The first-order chi connectivity index (χ1) is 11.9.